The number of aryl methyl sites for hydroxylation is 1. The van der Waals surface area contributed by atoms with Gasteiger partial charge in [0, 0.05) is 17.3 Å². The van der Waals surface area contributed by atoms with Gasteiger partial charge >= 0.3 is 0 Å². The molecule has 0 aliphatic rings. The molecule has 23 heavy (non-hydrogen) atoms. The largest absolute Gasteiger partial charge is 0.390 e. The number of benzene rings is 1. The molecule has 0 bridgehead atoms. The predicted molar refractivity (Wildman–Crippen MR) is 86.4 cm³/mol. The van der Waals surface area contributed by atoms with Gasteiger partial charge in [-0.2, -0.15) is 5.10 Å². The summed E-state index contributed by atoms with van der Waals surface area (Å²) in [6.07, 6.45) is 1.64. The fraction of sp³-hybridized carbons (Fsp3) is 0.222. The summed E-state index contributed by atoms with van der Waals surface area (Å²) in [7, 11) is 0. The van der Waals surface area contributed by atoms with Crippen LogP contribution in [-0.4, -0.2) is 19.9 Å². The van der Waals surface area contributed by atoms with Crippen LogP contribution < -0.4 is 0 Å². The Hall–Kier alpha value is -2.53. The second kappa shape index (κ2) is 6.30. The molecule has 1 aromatic carbocycles. The molecule has 2 heterocycles. The van der Waals surface area contributed by atoms with E-state index in [4.69, 9.17) is 0 Å². The van der Waals surface area contributed by atoms with E-state index < -0.39 is 0 Å². The minimum Gasteiger partial charge on any atom is -0.390 e. The molecule has 0 aliphatic heterocycles. The number of hydrogen-bond donors (Lipinski definition) is 1. The first-order valence-corrected chi connectivity index (χ1v) is 7.43. The molecule has 3 aromatic rings. The van der Waals surface area contributed by atoms with Crippen LogP contribution in [0.2, 0.25) is 0 Å². The molecule has 3 rings (SSSR count). The minimum atomic E-state index is -0.347. The molecule has 0 atom stereocenters. The van der Waals surface area contributed by atoms with Crippen LogP contribution in [0.1, 0.15) is 22.5 Å². The van der Waals surface area contributed by atoms with Crippen molar-refractivity contribution < 1.29 is 9.50 Å². The van der Waals surface area contributed by atoms with Crippen LogP contribution in [0, 0.1) is 19.7 Å². The smallest absolute Gasteiger partial charge is 0.145 e. The van der Waals surface area contributed by atoms with E-state index in [9.17, 15) is 9.50 Å². The molecule has 1 N–H and O–H groups in total. The van der Waals surface area contributed by atoms with Crippen LogP contribution in [-0.2, 0) is 13.2 Å². The van der Waals surface area contributed by atoms with E-state index in [1.807, 2.05) is 37.3 Å². The van der Waals surface area contributed by atoms with Gasteiger partial charge in [-0.05, 0) is 25.5 Å². The molecule has 118 valence electrons. The number of halogens is 1. The highest BCUT2D eigenvalue weighted by molar-refractivity contribution is 5.64. The Bertz CT molecular complexity index is 828. The molecule has 0 fully saturated rings. The van der Waals surface area contributed by atoms with E-state index in [1.165, 1.54) is 6.07 Å². The molecule has 5 heteroatoms. The van der Waals surface area contributed by atoms with Crippen molar-refractivity contribution in [2.75, 3.05) is 0 Å². The summed E-state index contributed by atoms with van der Waals surface area (Å²) in [5.41, 5.74) is 4.33. The molecule has 2 aromatic heterocycles. The number of aliphatic hydroxyl groups excluding tert-OH is 1. The topological polar surface area (TPSA) is 50.9 Å². The molecule has 0 amide bonds. The van der Waals surface area contributed by atoms with Gasteiger partial charge in [0.05, 0.1) is 30.2 Å². The van der Waals surface area contributed by atoms with E-state index in [-0.39, 0.29) is 12.4 Å². The first kappa shape index (κ1) is 15.4. The lowest BCUT2D eigenvalue weighted by Crippen LogP contribution is -2.05. The maximum atomic E-state index is 13.9. The van der Waals surface area contributed by atoms with Gasteiger partial charge in [-0.1, -0.05) is 30.3 Å². The van der Waals surface area contributed by atoms with Gasteiger partial charge in [0.15, 0.2) is 0 Å². The van der Waals surface area contributed by atoms with Crippen molar-refractivity contribution in [2.24, 2.45) is 0 Å². The quantitative estimate of drug-likeness (QED) is 0.805. The summed E-state index contributed by atoms with van der Waals surface area (Å²) in [5, 5.41) is 14.0. The highest BCUT2D eigenvalue weighted by atomic mass is 19.1. The number of nitrogens with zero attached hydrogens (tertiary/aromatic N) is 3. The second-order valence-corrected chi connectivity index (χ2v) is 5.51. The summed E-state index contributed by atoms with van der Waals surface area (Å²) in [4.78, 5) is 4.10. The fourth-order valence-corrected chi connectivity index (χ4v) is 2.62. The molecule has 0 aliphatic carbocycles. The molecule has 4 nitrogen and oxygen atoms in total. The number of hydrogen-bond acceptors (Lipinski definition) is 3. The lowest BCUT2D eigenvalue weighted by molar-refractivity contribution is 0.274. The fourth-order valence-electron chi connectivity index (χ4n) is 2.62. The van der Waals surface area contributed by atoms with E-state index in [1.54, 1.807) is 17.8 Å². The van der Waals surface area contributed by atoms with Crippen LogP contribution >= 0.6 is 0 Å². The summed E-state index contributed by atoms with van der Waals surface area (Å²) >= 11 is 0. The Labute approximate surface area is 134 Å². The number of rotatable bonds is 4. The summed E-state index contributed by atoms with van der Waals surface area (Å²) in [6.45, 7) is 3.91. The Kier molecular flexibility index (Phi) is 4.21. The van der Waals surface area contributed by atoms with Gasteiger partial charge in [0.25, 0.3) is 0 Å². The predicted octanol–water partition coefficient (Wildman–Crippen LogP) is 3.24. The highest BCUT2D eigenvalue weighted by Crippen LogP contribution is 2.27. The van der Waals surface area contributed by atoms with Crippen molar-refractivity contribution in [1.29, 1.82) is 0 Å². The average Bonchev–Trinajstić information content (AvgIpc) is 2.87. The van der Waals surface area contributed by atoms with Crippen molar-refractivity contribution in [3.63, 3.8) is 0 Å². The van der Waals surface area contributed by atoms with Crippen molar-refractivity contribution in [3.8, 4) is 11.3 Å². The molecule has 0 saturated carbocycles. The maximum Gasteiger partial charge on any atom is 0.145 e. The third kappa shape index (κ3) is 3.00. The van der Waals surface area contributed by atoms with Crippen LogP contribution in [0.15, 0.2) is 42.6 Å². The van der Waals surface area contributed by atoms with Gasteiger partial charge in [0.2, 0.25) is 0 Å². The van der Waals surface area contributed by atoms with Crippen molar-refractivity contribution >= 4 is 0 Å². The Balaban J connectivity index is 2.10. The van der Waals surface area contributed by atoms with Gasteiger partial charge in [-0.25, -0.2) is 4.39 Å². The second-order valence-electron chi connectivity index (χ2n) is 5.51. The summed E-state index contributed by atoms with van der Waals surface area (Å²) in [6, 6.07) is 11.4. The Morgan fingerprint density at radius 3 is 2.57 bits per heavy atom. The molecule has 0 radical (unpaired) electrons. The zero-order valence-corrected chi connectivity index (χ0v) is 13.1. The first-order valence-electron chi connectivity index (χ1n) is 7.43. The zero-order chi connectivity index (χ0) is 16.4. The van der Waals surface area contributed by atoms with Crippen LogP contribution in [0.25, 0.3) is 11.3 Å². The minimum absolute atomic E-state index is 0.150. The van der Waals surface area contributed by atoms with Crippen molar-refractivity contribution in [1.82, 2.24) is 14.8 Å². The lowest BCUT2D eigenvalue weighted by atomic mass is 10.1. The Morgan fingerprint density at radius 1 is 1.17 bits per heavy atom. The first-order chi connectivity index (χ1) is 11.1. The van der Waals surface area contributed by atoms with E-state index in [2.05, 4.69) is 10.1 Å². The monoisotopic (exact) mass is 311 g/mol. The number of pyridine rings is 1. The van der Waals surface area contributed by atoms with E-state index in [0.29, 0.717) is 23.5 Å². The van der Waals surface area contributed by atoms with Gasteiger partial charge < -0.3 is 5.11 Å². The lowest BCUT2D eigenvalue weighted by Gasteiger charge is -2.09. The number of aliphatic hydroxyl groups is 1. The van der Waals surface area contributed by atoms with Crippen LogP contribution in [0.5, 0.6) is 0 Å². The van der Waals surface area contributed by atoms with E-state index >= 15 is 0 Å². The van der Waals surface area contributed by atoms with Crippen LogP contribution in [0.3, 0.4) is 0 Å². The van der Waals surface area contributed by atoms with Crippen molar-refractivity contribution in [3.05, 3.63) is 70.9 Å². The molecule has 0 unspecified atom stereocenters. The molecule has 0 spiro atoms. The van der Waals surface area contributed by atoms with Gasteiger partial charge in [0.1, 0.15) is 5.82 Å². The van der Waals surface area contributed by atoms with Gasteiger partial charge in [-0.15, -0.1) is 0 Å². The molecular formula is C18H18FN3O. The molecule has 0 saturated heterocycles. The van der Waals surface area contributed by atoms with Crippen LogP contribution in [0.4, 0.5) is 4.39 Å². The number of aromatic nitrogens is 3. The van der Waals surface area contributed by atoms with E-state index in [0.717, 1.165) is 16.8 Å². The SMILES string of the molecule is Cc1ncc(-c2c(C)c(CO)nn2Cc2ccccc2)cc1F. The third-order valence-electron chi connectivity index (χ3n) is 3.91. The average molecular weight is 311 g/mol. The zero-order valence-electron chi connectivity index (χ0n) is 13.1. The van der Waals surface area contributed by atoms with Crippen molar-refractivity contribution in [2.45, 2.75) is 27.0 Å². The standard InChI is InChI=1S/C18H18FN3O/c1-12-17(11-23)21-22(10-14-6-4-3-5-7-14)18(12)15-8-16(19)13(2)20-9-15/h3-9,23H,10-11H2,1-2H3. The summed E-state index contributed by atoms with van der Waals surface area (Å²) in [5.74, 6) is -0.347. The Morgan fingerprint density at radius 2 is 1.91 bits per heavy atom. The summed E-state index contributed by atoms with van der Waals surface area (Å²) < 4.78 is 15.7. The van der Waals surface area contributed by atoms with Gasteiger partial charge in [-0.3, -0.25) is 9.67 Å². The maximum absolute atomic E-state index is 13.9. The third-order valence-corrected chi connectivity index (χ3v) is 3.91. The molecular weight excluding hydrogens is 293 g/mol. The normalized spacial score (nSPS) is 11.0. The highest BCUT2D eigenvalue weighted by Gasteiger charge is 2.17.